The van der Waals surface area contributed by atoms with Crippen molar-refractivity contribution in [3.63, 3.8) is 0 Å². The minimum absolute atomic E-state index is 0. The molecule has 0 aliphatic heterocycles. The van der Waals surface area contributed by atoms with Crippen LogP contribution in [-0.4, -0.2) is 40.2 Å². The Morgan fingerprint density at radius 2 is 0.984 bits per heavy atom. The van der Waals surface area contributed by atoms with Gasteiger partial charge in [0, 0.05) is 11.4 Å². The van der Waals surface area contributed by atoms with E-state index in [2.05, 4.69) is 30.7 Å². The molecule has 0 unspecified atom stereocenters. The van der Waals surface area contributed by atoms with Gasteiger partial charge in [-0.15, -0.1) is 30.7 Å². The Balaban J connectivity index is 0.00000410. The molecule has 19 nitrogen and oxygen atoms in total. The molecule has 0 bridgehead atoms. The second kappa shape index (κ2) is 19.2. The predicted molar refractivity (Wildman–Crippen MR) is 219 cm³/mol. The molecule has 0 fully saturated rings. The summed E-state index contributed by atoms with van der Waals surface area (Å²) in [5.41, 5.74) is 27.4. The smallest absolute Gasteiger partial charge is 0.871 e. The number of ether oxygens (including phenoxy) is 2. The van der Waals surface area contributed by atoms with Gasteiger partial charge in [-0.3, -0.25) is 4.55 Å². The molecular formula is C38H34N10Na2O9S2. The second-order valence-corrected chi connectivity index (χ2v) is 15.7. The Labute approximate surface area is 394 Å². The molecular weight excluding hydrogens is 851 g/mol. The van der Waals surface area contributed by atoms with Gasteiger partial charge < -0.3 is 42.1 Å². The summed E-state index contributed by atoms with van der Waals surface area (Å²) < 4.78 is 83.1. The maximum atomic E-state index is 13.9. The van der Waals surface area contributed by atoms with Crippen LogP contribution < -0.4 is 96.6 Å². The SMILES string of the molecule is COc1cc(-c2ccc(N=Nc3c(S(=O)(=O)O)cc4cc(S(=O)(=O)[O-])c(N=Nc5cc(C)c(N)cc5N)cc4c3[O-])c(OC)c2)ccc1N=Nc1cc(C)c(N)cc1N.[Na+].[Na+]. The Morgan fingerprint density at radius 1 is 0.557 bits per heavy atom. The Bertz CT molecular complexity index is 3020. The van der Waals surface area contributed by atoms with Gasteiger partial charge in [0.15, 0.2) is 0 Å². The van der Waals surface area contributed by atoms with Gasteiger partial charge in [-0.2, -0.15) is 8.42 Å². The largest absolute Gasteiger partial charge is 1.00 e. The summed E-state index contributed by atoms with van der Waals surface area (Å²) in [6, 6.07) is 18.5. The monoisotopic (exact) mass is 884 g/mol. The van der Waals surface area contributed by atoms with Gasteiger partial charge in [0.2, 0.25) is 0 Å². The first-order chi connectivity index (χ1) is 27.8. The Hall–Kier alpha value is -5.20. The van der Waals surface area contributed by atoms with Gasteiger partial charge in [0.25, 0.3) is 10.1 Å². The number of azo groups is 3. The van der Waals surface area contributed by atoms with Gasteiger partial charge in [0.1, 0.15) is 54.9 Å². The molecule has 6 aromatic carbocycles. The second-order valence-electron chi connectivity index (χ2n) is 12.9. The first-order valence-electron chi connectivity index (χ1n) is 17.0. The summed E-state index contributed by atoms with van der Waals surface area (Å²) >= 11 is 0. The number of nitrogen functional groups attached to an aromatic ring is 4. The zero-order valence-corrected chi connectivity index (χ0v) is 39.2. The number of anilines is 4. The third-order valence-electron chi connectivity index (χ3n) is 8.97. The van der Waals surface area contributed by atoms with E-state index in [1.54, 1.807) is 49.4 Å². The van der Waals surface area contributed by atoms with Crippen LogP contribution in [0.5, 0.6) is 17.2 Å². The van der Waals surface area contributed by atoms with E-state index >= 15 is 0 Å². The van der Waals surface area contributed by atoms with Crippen molar-refractivity contribution in [2.45, 2.75) is 23.6 Å². The van der Waals surface area contributed by atoms with Crippen molar-refractivity contribution in [3.05, 3.63) is 90.0 Å². The molecule has 304 valence electrons. The number of methoxy groups -OCH3 is 2. The average Bonchev–Trinajstić information content (AvgIpc) is 3.18. The molecule has 0 spiro atoms. The normalized spacial score (nSPS) is 11.9. The van der Waals surface area contributed by atoms with E-state index in [4.69, 9.17) is 32.4 Å². The van der Waals surface area contributed by atoms with Gasteiger partial charge in [-0.25, -0.2) is 8.42 Å². The van der Waals surface area contributed by atoms with Crippen LogP contribution in [0.2, 0.25) is 0 Å². The minimum atomic E-state index is -5.28. The zero-order chi connectivity index (χ0) is 43.0. The number of fused-ring (bicyclic) bond motifs is 1. The van der Waals surface area contributed by atoms with Crippen molar-refractivity contribution in [2.24, 2.45) is 30.7 Å². The Morgan fingerprint density at radius 3 is 1.43 bits per heavy atom. The maximum Gasteiger partial charge on any atom is 1.00 e. The fourth-order valence-corrected chi connectivity index (χ4v) is 7.03. The van der Waals surface area contributed by atoms with Gasteiger partial charge in [-0.1, -0.05) is 17.9 Å². The predicted octanol–water partition coefficient (Wildman–Crippen LogP) is 1.95. The van der Waals surface area contributed by atoms with E-state index in [1.807, 2.05) is 6.92 Å². The van der Waals surface area contributed by atoms with E-state index in [-0.39, 0.29) is 92.7 Å². The molecule has 0 aromatic heterocycles. The summed E-state index contributed by atoms with van der Waals surface area (Å²) in [5, 5.41) is 37.5. The standard InChI is InChI=1S/C38H36N10O9S2.2Na/c1-18-9-30(26(41)16-24(18)39)45-43-28-7-5-20(11-33(28)56-3)21-6-8-29(34(12-21)57-4)44-48-37-36(59(53,54)55)14-22-13-35(58(50,51)52)32(15-23(22)38(37)49)47-46-31-10-19(2)25(40)17-27(31)42;;/h5-17,49H,39-42H2,1-4H3,(H,50,51,52)(H,53,54,55);;/q;2*+1/p-2. The summed E-state index contributed by atoms with van der Waals surface area (Å²) in [4.78, 5) is -1.95. The van der Waals surface area contributed by atoms with E-state index in [1.165, 1.54) is 32.4 Å². The molecule has 0 amide bonds. The number of aryl methyl sites for hydroxylation is 2. The van der Waals surface area contributed by atoms with Crippen LogP contribution >= 0.6 is 0 Å². The van der Waals surface area contributed by atoms with Gasteiger partial charge in [-0.05, 0) is 114 Å². The van der Waals surface area contributed by atoms with Crippen molar-refractivity contribution < 1.29 is 99.6 Å². The van der Waals surface area contributed by atoms with Crippen LogP contribution in [0.3, 0.4) is 0 Å². The quantitative estimate of drug-likeness (QED) is 0.0538. The van der Waals surface area contributed by atoms with Crippen molar-refractivity contribution >= 4 is 87.9 Å². The van der Waals surface area contributed by atoms with Crippen LogP contribution in [0, 0.1) is 13.8 Å². The molecule has 0 radical (unpaired) electrons. The van der Waals surface area contributed by atoms with Crippen LogP contribution in [0.4, 0.5) is 56.9 Å². The summed E-state index contributed by atoms with van der Waals surface area (Å²) in [6.07, 6.45) is 0. The third kappa shape index (κ3) is 10.6. The number of rotatable bonds is 11. The van der Waals surface area contributed by atoms with Gasteiger partial charge >= 0.3 is 59.1 Å². The van der Waals surface area contributed by atoms with Crippen LogP contribution in [-0.2, 0) is 20.2 Å². The molecule has 61 heavy (non-hydrogen) atoms. The first kappa shape index (κ1) is 48.5. The number of benzene rings is 6. The maximum absolute atomic E-state index is 13.9. The molecule has 23 heteroatoms. The van der Waals surface area contributed by atoms with Crippen LogP contribution in [0.25, 0.3) is 21.9 Å². The summed E-state index contributed by atoms with van der Waals surface area (Å²) in [7, 11) is -7.64. The topological polar surface area (TPSA) is 331 Å². The number of nitrogens with two attached hydrogens (primary N) is 4. The van der Waals surface area contributed by atoms with Crippen molar-refractivity contribution in [1.29, 1.82) is 0 Å². The van der Waals surface area contributed by atoms with Gasteiger partial charge in [0.05, 0.1) is 36.2 Å². The number of hydrogen-bond donors (Lipinski definition) is 5. The minimum Gasteiger partial charge on any atom is -0.871 e. The molecule has 6 aromatic rings. The molecule has 0 heterocycles. The van der Waals surface area contributed by atoms with Crippen molar-refractivity contribution in [2.75, 3.05) is 37.2 Å². The van der Waals surface area contributed by atoms with Crippen LogP contribution in [0.1, 0.15) is 11.1 Å². The van der Waals surface area contributed by atoms with E-state index in [0.717, 1.165) is 23.8 Å². The molecule has 9 N–H and O–H groups in total. The molecule has 0 atom stereocenters. The molecule has 0 aliphatic carbocycles. The fourth-order valence-electron chi connectivity index (χ4n) is 5.75. The molecule has 0 aliphatic rings. The zero-order valence-electron chi connectivity index (χ0n) is 33.5. The summed E-state index contributed by atoms with van der Waals surface area (Å²) in [6.45, 7) is 3.49. The number of nitrogens with zero attached hydrogens (tertiary/aromatic N) is 6. The van der Waals surface area contributed by atoms with Crippen LogP contribution in [0.15, 0.2) is 119 Å². The third-order valence-corrected chi connectivity index (χ3v) is 10.7. The molecule has 6 rings (SSSR count). The van der Waals surface area contributed by atoms with E-state index in [0.29, 0.717) is 50.9 Å². The molecule has 0 saturated carbocycles. The average molecular weight is 885 g/mol. The Kier molecular flexibility index (Phi) is 15.3. The van der Waals surface area contributed by atoms with E-state index < -0.39 is 47.2 Å². The molecule has 0 saturated heterocycles. The fraction of sp³-hybridized carbons (Fsp3) is 0.105. The van der Waals surface area contributed by atoms with E-state index in [9.17, 15) is 31.0 Å². The first-order valence-corrected chi connectivity index (χ1v) is 19.8. The van der Waals surface area contributed by atoms with Crippen molar-refractivity contribution in [3.8, 4) is 28.4 Å². The summed E-state index contributed by atoms with van der Waals surface area (Å²) in [5.74, 6) is -0.581. The number of hydrogen-bond acceptors (Lipinski definition) is 18. The van der Waals surface area contributed by atoms with Crippen molar-refractivity contribution in [1.82, 2.24) is 0 Å².